The quantitative estimate of drug-likeness (QED) is 0.175. The van der Waals surface area contributed by atoms with Crippen LogP contribution in [0.2, 0.25) is 0 Å². The summed E-state index contributed by atoms with van der Waals surface area (Å²) in [4.78, 5) is 0. The van der Waals surface area contributed by atoms with Crippen molar-refractivity contribution in [3.63, 3.8) is 0 Å². The zero-order valence-electron chi connectivity index (χ0n) is 21.1. The molecule has 2 unspecified atom stereocenters. The van der Waals surface area contributed by atoms with Crippen LogP contribution in [-0.4, -0.2) is 85.7 Å². The van der Waals surface area contributed by atoms with Gasteiger partial charge in [0.05, 0.1) is 0 Å². The maximum Gasteiger partial charge on any atom is 0.471 e. The third-order valence-corrected chi connectivity index (χ3v) is 3.49. The molecule has 0 aliphatic carbocycles. The Kier molecular flexibility index (Phi) is 17.9. The van der Waals surface area contributed by atoms with Crippen LogP contribution in [0.1, 0.15) is 1.43 Å². The predicted octanol–water partition coefficient (Wildman–Crippen LogP) is 7.64. The number of halogens is 27. The number of rotatable bonds is 10. The largest absolute Gasteiger partial charge is 0.471 e. The molecule has 0 spiro atoms. The van der Waals surface area contributed by atoms with Gasteiger partial charge in [-0.15, -0.1) is 0 Å². The molecule has 0 aliphatic heterocycles. The minimum absolute atomic E-state index is 0. The summed E-state index contributed by atoms with van der Waals surface area (Å²) in [6, 6.07) is -4.00. The molecule has 0 aliphatic rings. The van der Waals surface area contributed by atoms with Crippen LogP contribution in [0.25, 0.3) is 0 Å². The van der Waals surface area contributed by atoms with Gasteiger partial charge in [0.25, 0.3) is 6.36 Å². The van der Waals surface area contributed by atoms with Crippen molar-refractivity contribution in [1.82, 2.24) is 0 Å². The highest BCUT2D eigenvalue weighted by Gasteiger charge is 2.84. The molecule has 296 valence electrons. The van der Waals surface area contributed by atoms with E-state index < -0.39 is 79.2 Å². The summed E-state index contributed by atoms with van der Waals surface area (Å²) in [5, 5.41) is 0. The third-order valence-electron chi connectivity index (χ3n) is 3.49. The molecule has 2 atom stereocenters. The minimum Gasteiger partial charge on any atom is -0.412 e. The van der Waals surface area contributed by atoms with E-state index in [0.29, 0.717) is 13.1 Å². The van der Waals surface area contributed by atoms with Crippen LogP contribution in [0.5, 0.6) is 0 Å². The van der Waals surface area contributed by atoms with E-state index >= 15 is 0 Å². The Hall–Kier alpha value is -2.55. The highest BCUT2D eigenvalue weighted by molar-refractivity contribution is 4.95. The van der Waals surface area contributed by atoms with E-state index in [9.17, 15) is 119 Å². The highest BCUT2D eigenvalue weighted by atomic mass is 19.4. The molecule has 6 N–H and O–H groups in total. The summed E-state index contributed by atoms with van der Waals surface area (Å²) in [6.07, 6.45) is -58.8. The van der Waals surface area contributed by atoms with Gasteiger partial charge in [0, 0.05) is 14.5 Å². The SMILES string of the molecule is FC(F)=C(F)OC(F)(F)C(F)(OC(F)(F)C(F)(F)C(F)(F)F)C(F)(F)F.FC(OC(F)(F)C(F)(F)C(F)(F)F)C(F)(F)F.NCCN.O.[2HH]. The smallest absolute Gasteiger partial charge is 0.412 e. The van der Waals surface area contributed by atoms with Gasteiger partial charge in [0.2, 0.25) is 0 Å². The lowest BCUT2D eigenvalue weighted by Crippen LogP contribution is -2.65. The minimum atomic E-state index is -7.68. The Balaban J connectivity index is -0.000000243. The second-order valence-electron chi connectivity index (χ2n) is 7.08. The highest BCUT2D eigenvalue weighted by Crippen LogP contribution is 2.55. The van der Waals surface area contributed by atoms with Crippen LogP contribution in [0.3, 0.4) is 0 Å². The monoisotopic (exact) mass is 799 g/mol. The molecule has 0 aromatic heterocycles. The molecule has 33 heteroatoms. The van der Waals surface area contributed by atoms with Crippen molar-refractivity contribution < 1.29 is 140 Å². The van der Waals surface area contributed by atoms with Gasteiger partial charge in [-0.1, -0.05) is 0 Å². The molecule has 0 saturated carbocycles. The molecule has 48 heavy (non-hydrogen) atoms. The Morgan fingerprint density at radius 3 is 1.06 bits per heavy atom. The van der Waals surface area contributed by atoms with Crippen LogP contribution in [-0.2, 0) is 14.2 Å². The molecule has 0 amide bonds. The Bertz CT molecular complexity index is 1000. The fraction of sp³-hybridized carbons (Fsp3) is 0.867. The van der Waals surface area contributed by atoms with Gasteiger partial charge < -0.3 is 21.7 Å². The summed E-state index contributed by atoms with van der Waals surface area (Å²) in [5.41, 5.74) is 9.81. The Morgan fingerprint density at radius 1 is 0.521 bits per heavy atom. The normalized spacial score (nSPS) is 15.9. The zero-order valence-corrected chi connectivity index (χ0v) is 21.1. The van der Waals surface area contributed by atoms with Crippen molar-refractivity contribution in [3.8, 4) is 0 Å². The molecular weight excluding hydrogens is 785 g/mol. The molecule has 0 aromatic rings. The second-order valence-corrected chi connectivity index (χ2v) is 7.08. The first-order chi connectivity index (χ1) is 20.1. The van der Waals surface area contributed by atoms with Gasteiger partial charge in [-0.25, -0.2) is 4.39 Å². The Morgan fingerprint density at radius 2 is 0.833 bits per heavy atom. The number of ether oxygens (including phenoxy) is 3. The lowest BCUT2D eigenvalue weighted by atomic mass is 10.2. The van der Waals surface area contributed by atoms with Crippen molar-refractivity contribution in [1.29, 1.82) is 0 Å². The lowest BCUT2D eigenvalue weighted by Gasteiger charge is -2.37. The van der Waals surface area contributed by atoms with E-state index in [-0.39, 0.29) is 6.90 Å². The molecule has 0 bridgehead atoms. The van der Waals surface area contributed by atoms with Crippen LogP contribution < -0.4 is 11.5 Å². The second kappa shape index (κ2) is 16.4. The number of nitrogens with two attached hydrogens (primary N) is 2. The van der Waals surface area contributed by atoms with E-state index in [1.54, 1.807) is 9.47 Å². The first-order valence-corrected chi connectivity index (χ1v) is 9.74. The molecule has 6 nitrogen and oxygen atoms in total. The zero-order chi connectivity index (χ0) is 39.3. The maximum absolute atomic E-state index is 13.3. The first-order valence-electron chi connectivity index (χ1n) is 9.74. The van der Waals surface area contributed by atoms with Crippen molar-refractivity contribution in [2.45, 2.75) is 67.1 Å². The van der Waals surface area contributed by atoms with Gasteiger partial charge in [0.1, 0.15) is 0 Å². The predicted molar refractivity (Wildman–Crippen MR) is 95.1 cm³/mol. The van der Waals surface area contributed by atoms with Gasteiger partial charge in [-0.2, -0.15) is 114 Å². The van der Waals surface area contributed by atoms with Crippen LogP contribution >= 0.6 is 0 Å². The fourth-order valence-corrected chi connectivity index (χ4v) is 1.34. The van der Waals surface area contributed by atoms with Crippen LogP contribution in [0.15, 0.2) is 12.1 Å². The average Bonchev–Trinajstić information content (AvgIpc) is 2.80. The summed E-state index contributed by atoms with van der Waals surface area (Å²) in [5.74, 6) is -22.3. The molecule has 0 saturated heterocycles. The van der Waals surface area contributed by atoms with Crippen molar-refractivity contribution >= 4 is 0 Å². The summed E-state index contributed by atoms with van der Waals surface area (Å²) in [7, 11) is 0. The topological polar surface area (TPSA) is 111 Å². The van der Waals surface area contributed by atoms with E-state index in [2.05, 4.69) is 0 Å². The lowest BCUT2D eigenvalue weighted by molar-refractivity contribution is -0.531. The molecule has 0 rings (SSSR count). The van der Waals surface area contributed by atoms with Crippen LogP contribution in [0.4, 0.5) is 119 Å². The van der Waals surface area contributed by atoms with Crippen molar-refractivity contribution in [3.05, 3.63) is 12.1 Å². The molecule has 0 aromatic carbocycles. The van der Waals surface area contributed by atoms with E-state index in [4.69, 9.17) is 11.5 Å². The van der Waals surface area contributed by atoms with Crippen LogP contribution in [0, 0.1) is 0 Å². The van der Waals surface area contributed by atoms with E-state index in [0.717, 1.165) is 0 Å². The van der Waals surface area contributed by atoms with Crippen molar-refractivity contribution in [2.75, 3.05) is 13.1 Å². The van der Waals surface area contributed by atoms with E-state index in [1.807, 2.05) is 0 Å². The molecule has 0 radical (unpaired) electrons. The van der Waals surface area contributed by atoms with Gasteiger partial charge in [-0.3, -0.25) is 9.47 Å². The van der Waals surface area contributed by atoms with E-state index in [1.165, 1.54) is 4.74 Å². The number of hydrogen-bond acceptors (Lipinski definition) is 5. The Labute approximate surface area is 245 Å². The standard InChI is InChI=1S/C8F16O2.C5HF11O.C2H8N2.H2O.H2/c9-1(10)2(11)25-8(23,24)4(14,6(18,19)20)26-7(21,22)3(12,13)5(15,16)17;6-1(2(7,8)9)17-5(15,16)3(10,11)4(12,13)14;3-1-2-4;;/h;1H;1-4H2;1H2;1H/i;;;;1+1. The molecule has 0 fully saturated rings. The molecule has 0 heterocycles. The summed E-state index contributed by atoms with van der Waals surface area (Å²) in [6.45, 7) is 1.19. The molecular formula is C15H13F27N2O4. The summed E-state index contributed by atoms with van der Waals surface area (Å²) >= 11 is 0. The van der Waals surface area contributed by atoms with Gasteiger partial charge in [0.15, 0.2) is 0 Å². The average molecular weight is 799 g/mol. The maximum atomic E-state index is 13.3. The first kappa shape index (κ1) is 52.3. The fourth-order valence-electron chi connectivity index (χ4n) is 1.34. The number of hydrogen-bond donors (Lipinski definition) is 2. The van der Waals surface area contributed by atoms with Crippen molar-refractivity contribution in [2.24, 2.45) is 11.5 Å². The van der Waals surface area contributed by atoms with Gasteiger partial charge in [-0.05, 0) is 0 Å². The third kappa shape index (κ3) is 12.7. The number of alkyl halides is 24. The van der Waals surface area contributed by atoms with Gasteiger partial charge >= 0.3 is 72.8 Å². The summed E-state index contributed by atoms with van der Waals surface area (Å²) < 4.78 is 329.